The van der Waals surface area contributed by atoms with Gasteiger partial charge in [-0.1, -0.05) is 42.5 Å². The molecular weight excluding hydrogens is 236 g/mol. The highest BCUT2D eigenvalue weighted by molar-refractivity contribution is 6.23. The summed E-state index contributed by atoms with van der Waals surface area (Å²) < 4.78 is 0. The number of carbonyl (C=O) groups is 1. The summed E-state index contributed by atoms with van der Waals surface area (Å²) in [6, 6.07) is 15.9. The van der Waals surface area contributed by atoms with Gasteiger partial charge >= 0.3 is 0 Å². The van der Waals surface area contributed by atoms with Gasteiger partial charge in [-0.2, -0.15) is 0 Å². The minimum atomic E-state index is 0.0612. The SMILES string of the molecule is O=C1c2ccccc2C2=NCc3ccccc3CN12. The Morgan fingerprint density at radius 1 is 0.895 bits per heavy atom. The Hall–Kier alpha value is -2.42. The van der Waals surface area contributed by atoms with E-state index < -0.39 is 0 Å². The molecule has 3 heteroatoms. The third kappa shape index (κ3) is 1.45. The van der Waals surface area contributed by atoms with Gasteiger partial charge in [0.2, 0.25) is 0 Å². The van der Waals surface area contributed by atoms with Crippen LogP contribution in [0.25, 0.3) is 0 Å². The Labute approximate surface area is 111 Å². The van der Waals surface area contributed by atoms with Crippen LogP contribution in [0.15, 0.2) is 53.5 Å². The van der Waals surface area contributed by atoms with E-state index in [1.165, 1.54) is 11.1 Å². The maximum absolute atomic E-state index is 12.4. The molecule has 0 atom stereocenters. The summed E-state index contributed by atoms with van der Waals surface area (Å²) in [5.74, 6) is 0.878. The normalized spacial score (nSPS) is 16.3. The number of benzene rings is 2. The third-order valence-electron chi connectivity index (χ3n) is 3.75. The van der Waals surface area contributed by atoms with Gasteiger partial charge in [-0.15, -0.1) is 0 Å². The molecule has 0 N–H and O–H groups in total. The van der Waals surface area contributed by atoms with Gasteiger partial charge in [-0.05, 0) is 17.2 Å². The predicted octanol–water partition coefficient (Wildman–Crippen LogP) is 2.60. The van der Waals surface area contributed by atoms with Crippen LogP contribution >= 0.6 is 0 Å². The molecule has 2 aliphatic heterocycles. The van der Waals surface area contributed by atoms with Crippen LogP contribution in [0, 0.1) is 0 Å². The number of carbonyl (C=O) groups excluding carboxylic acids is 1. The van der Waals surface area contributed by atoms with Crippen LogP contribution in [0.5, 0.6) is 0 Å². The van der Waals surface area contributed by atoms with Crippen molar-refractivity contribution in [2.45, 2.75) is 13.1 Å². The molecule has 2 aromatic rings. The van der Waals surface area contributed by atoms with Gasteiger partial charge < -0.3 is 0 Å². The molecule has 0 bridgehead atoms. The largest absolute Gasteiger partial charge is 0.288 e. The number of rotatable bonds is 0. The first kappa shape index (κ1) is 10.5. The highest BCUT2D eigenvalue weighted by Crippen LogP contribution is 2.28. The smallest absolute Gasteiger partial charge is 0.260 e. The molecule has 0 aliphatic carbocycles. The fourth-order valence-electron chi connectivity index (χ4n) is 2.77. The fraction of sp³-hybridized carbons (Fsp3) is 0.125. The molecule has 92 valence electrons. The Balaban J connectivity index is 1.88. The summed E-state index contributed by atoms with van der Waals surface area (Å²) in [6.45, 7) is 1.26. The second-order valence-electron chi connectivity index (χ2n) is 4.85. The second-order valence-corrected chi connectivity index (χ2v) is 4.85. The van der Waals surface area contributed by atoms with Crippen LogP contribution in [-0.4, -0.2) is 16.6 Å². The summed E-state index contributed by atoms with van der Waals surface area (Å²) >= 11 is 0. The van der Waals surface area contributed by atoms with Crippen molar-refractivity contribution in [1.29, 1.82) is 0 Å². The lowest BCUT2D eigenvalue weighted by molar-refractivity contribution is 0.0853. The third-order valence-corrected chi connectivity index (χ3v) is 3.75. The number of nitrogens with zero attached hydrogens (tertiary/aromatic N) is 2. The summed E-state index contributed by atoms with van der Waals surface area (Å²) in [7, 11) is 0. The van der Waals surface area contributed by atoms with Crippen LogP contribution in [0.3, 0.4) is 0 Å². The number of hydrogen-bond donors (Lipinski definition) is 0. The first-order chi connectivity index (χ1) is 9.34. The van der Waals surface area contributed by atoms with Crippen molar-refractivity contribution in [1.82, 2.24) is 4.90 Å². The van der Waals surface area contributed by atoms with Gasteiger partial charge in [0.25, 0.3) is 5.91 Å². The van der Waals surface area contributed by atoms with E-state index in [0.717, 1.165) is 17.0 Å². The van der Waals surface area contributed by atoms with E-state index in [4.69, 9.17) is 0 Å². The Kier molecular flexibility index (Phi) is 2.09. The van der Waals surface area contributed by atoms with Crippen molar-refractivity contribution in [3.63, 3.8) is 0 Å². The summed E-state index contributed by atoms with van der Waals surface area (Å²) in [5.41, 5.74) is 4.11. The standard InChI is InChI=1S/C16H12N2O/c19-16-14-8-4-3-7-13(14)15-17-9-11-5-1-2-6-12(11)10-18(15)16/h1-8H,9-10H2. The van der Waals surface area contributed by atoms with E-state index in [1.807, 2.05) is 36.4 Å². The highest BCUT2D eigenvalue weighted by atomic mass is 16.2. The zero-order valence-corrected chi connectivity index (χ0v) is 10.3. The monoisotopic (exact) mass is 248 g/mol. The first-order valence-corrected chi connectivity index (χ1v) is 6.37. The van der Waals surface area contributed by atoms with Crippen LogP contribution < -0.4 is 0 Å². The number of amidine groups is 1. The van der Waals surface area contributed by atoms with Gasteiger partial charge in [-0.25, -0.2) is 0 Å². The molecule has 0 fully saturated rings. The number of fused-ring (bicyclic) bond motifs is 4. The summed E-state index contributed by atoms with van der Waals surface area (Å²) in [5, 5.41) is 0. The molecule has 0 radical (unpaired) electrons. The lowest BCUT2D eigenvalue weighted by atomic mass is 10.1. The number of aliphatic imine (C=N–C) groups is 1. The molecule has 0 spiro atoms. The van der Waals surface area contributed by atoms with E-state index in [2.05, 4.69) is 17.1 Å². The molecule has 2 aliphatic rings. The van der Waals surface area contributed by atoms with Crippen molar-refractivity contribution >= 4 is 11.7 Å². The van der Waals surface area contributed by atoms with Gasteiger partial charge in [0.15, 0.2) is 0 Å². The Morgan fingerprint density at radius 3 is 2.42 bits per heavy atom. The van der Waals surface area contributed by atoms with Crippen molar-refractivity contribution in [2.24, 2.45) is 4.99 Å². The van der Waals surface area contributed by atoms with Crippen molar-refractivity contribution in [3.05, 3.63) is 70.8 Å². The molecule has 0 aromatic heterocycles. The van der Waals surface area contributed by atoms with Crippen molar-refractivity contribution < 1.29 is 4.79 Å². The fourth-order valence-corrected chi connectivity index (χ4v) is 2.77. The molecule has 2 aromatic carbocycles. The van der Waals surface area contributed by atoms with Crippen molar-refractivity contribution in [3.8, 4) is 0 Å². The maximum atomic E-state index is 12.4. The van der Waals surface area contributed by atoms with Gasteiger partial charge in [0.05, 0.1) is 18.7 Å². The van der Waals surface area contributed by atoms with Crippen LogP contribution in [0.4, 0.5) is 0 Å². The van der Waals surface area contributed by atoms with Crippen LogP contribution in [0.2, 0.25) is 0 Å². The quantitative estimate of drug-likeness (QED) is 0.705. The minimum Gasteiger partial charge on any atom is -0.288 e. The minimum absolute atomic E-state index is 0.0612. The molecule has 19 heavy (non-hydrogen) atoms. The average Bonchev–Trinajstić information content (AvgIpc) is 2.63. The van der Waals surface area contributed by atoms with E-state index in [1.54, 1.807) is 4.90 Å². The molecule has 0 unspecified atom stereocenters. The van der Waals surface area contributed by atoms with Gasteiger partial charge in [0, 0.05) is 5.56 Å². The molecule has 2 heterocycles. The maximum Gasteiger partial charge on any atom is 0.260 e. The number of amides is 1. The predicted molar refractivity (Wildman–Crippen MR) is 73.0 cm³/mol. The molecule has 0 saturated carbocycles. The Morgan fingerprint density at radius 2 is 1.58 bits per heavy atom. The number of hydrogen-bond acceptors (Lipinski definition) is 2. The van der Waals surface area contributed by atoms with E-state index >= 15 is 0 Å². The molecule has 3 nitrogen and oxygen atoms in total. The summed E-state index contributed by atoms with van der Waals surface area (Å²) in [4.78, 5) is 18.9. The Bertz CT molecular complexity index is 718. The van der Waals surface area contributed by atoms with Crippen LogP contribution in [0.1, 0.15) is 27.0 Å². The molecule has 4 rings (SSSR count). The highest BCUT2D eigenvalue weighted by Gasteiger charge is 2.34. The average molecular weight is 248 g/mol. The van der Waals surface area contributed by atoms with E-state index in [-0.39, 0.29) is 5.91 Å². The van der Waals surface area contributed by atoms with Crippen LogP contribution in [-0.2, 0) is 13.1 Å². The topological polar surface area (TPSA) is 32.7 Å². The van der Waals surface area contributed by atoms with Gasteiger partial charge in [0.1, 0.15) is 5.84 Å². The first-order valence-electron chi connectivity index (χ1n) is 6.37. The van der Waals surface area contributed by atoms with Crippen molar-refractivity contribution in [2.75, 3.05) is 0 Å². The zero-order valence-electron chi connectivity index (χ0n) is 10.3. The second kappa shape index (κ2) is 3.79. The summed E-state index contributed by atoms with van der Waals surface area (Å²) in [6.07, 6.45) is 0. The van der Waals surface area contributed by atoms with E-state index in [0.29, 0.717) is 13.1 Å². The molecule has 0 saturated heterocycles. The van der Waals surface area contributed by atoms with E-state index in [9.17, 15) is 4.79 Å². The lowest BCUT2D eigenvalue weighted by Crippen LogP contribution is -2.29. The van der Waals surface area contributed by atoms with Gasteiger partial charge in [-0.3, -0.25) is 14.7 Å². The molecule has 1 amide bonds. The lowest BCUT2D eigenvalue weighted by Gasteiger charge is -2.15. The zero-order chi connectivity index (χ0) is 12.8. The molecular formula is C16H12N2O.